The summed E-state index contributed by atoms with van der Waals surface area (Å²) in [5.41, 5.74) is 0.251. The van der Waals surface area contributed by atoms with E-state index in [2.05, 4.69) is 20.4 Å². The zero-order valence-corrected chi connectivity index (χ0v) is 18.8. The first kappa shape index (κ1) is 18.7. The van der Waals surface area contributed by atoms with Gasteiger partial charge in [0.25, 0.3) is 5.91 Å². The molecule has 3 amide bonds. The maximum absolute atomic E-state index is 13.7. The van der Waals surface area contributed by atoms with Crippen LogP contribution in [0.3, 0.4) is 0 Å². The van der Waals surface area contributed by atoms with Gasteiger partial charge in [-0.3, -0.25) is 24.6 Å². The van der Waals surface area contributed by atoms with Crippen molar-refractivity contribution in [2.45, 2.75) is 25.7 Å². The van der Waals surface area contributed by atoms with Gasteiger partial charge >= 0.3 is 0 Å². The Morgan fingerprint density at radius 1 is 1.24 bits per heavy atom. The van der Waals surface area contributed by atoms with Crippen LogP contribution in [0.25, 0.3) is 5.52 Å². The van der Waals surface area contributed by atoms with Crippen LogP contribution in [-0.2, 0) is 9.59 Å². The highest BCUT2D eigenvalue weighted by Gasteiger charge is 2.39. The van der Waals surface area contributed by atoms with Gasteiger partial charge in [-0.2, -0.15) is 10.1 Å². The van der Waals surface area contributed by atoms with E-state index < -0.39 is 18.8 Å². The van der Waals surface area contributed by atoms with E-state index in [9.17, 15) is 14.4 Å². The molecule has 11 nitrogen and oxygen atoms in total. The molecule has 5 rings (SSSR count). The number of hydrogen-bond donors (Lipinski definition) is 2. The molecule has 0 aliphatic heterocycles. The molecule has 0 unspecified atom stereocenters. The van der Waals surface area contributed by atoms with Gasteiger partial charge in [0.1, 0.15) is 16.8 Å². The Hall–Kier alpha value is -3.73. The van der Waals surface area contributed by atoms with Gasteiger partial charge in [0.15, 0.2) is 11.6 Å². The quantitative estimate of drug-likeness (QED) is 0.524. The highest BCUT2D eigenvalue weighted by Crippen LogP contribution is 2.42. The van der Waals surface area contributed by atoms with Gasteiger partial charge in [-0.1, -0.05) is 11.6 Å². The molecule has 176 valence electrons. The van der Waals surface area contributed by atoms with E-state index in [1.54, 1.807) is 12.3 Å². The SMILES string of the molecule is [2H]C([2H])([2H])NC(=O)c1cnc(NC(=O)C2CC2)nc1N(C(=O)C1CC1)c1cnn2ccc(Cl)c(OC)c12. The number of rotatable bonds is 7. The van der Waals surface area contributed by atoms with E-state index in [0.717, 1.165) is 19.0 Å². The second kappa shape index (κ2) is 8.56. The Kier molecular flexibility index (Phi) is 4.70. The smallest absolute Gasteiger partial charge is 0.256 e. The van der Waals surface area contributed by atoms with Crippen LogP contribution < -0.4 is 20.3 Å². The number of nitrogens with zero attached hydrogens (tertiary/aromatic N) is 5. The van der Waals surface area contributed by atoms with Crippen molar-refractivity contribution in [3.8, 4) is 5.75 Å². The standard InChI is InChI=1S/C22H22ClN7O4/c1-24-20(32)13-9-25-22(28-19(31)11-3-4-11)27-18(13)30(21(33)12-5-6-12)15-10-26-29-8-7-14(23)17(34-2)16(15)29/h7-12H,3-6H2,1-2H3,(H,24,32)(H,25,27,28,31)/i1D3. The molecule has 0 atom stereocenters. The lowest BCUT2D eigenvalue weighted by Gasteiger charge is -2.23. The fourth-order valence-electron chi connectivity index (χ4n) is 3.61. The second-order valence-electron chi connectivity index (χ2n) is 8.12. The van der Waals surface area contributed by atoms with Crippen LogP contribution in [0.1, 0.15) is 40.2 Å². The van der Waals surface area contributed by atoms with Crippen molar-refractivity contribution in [3.05, 3.63) is 35.2 Å². The third kappa shape index (κ3) is 3.92. The monoisotopic (exact) mass is 486 g/mol. The van der Waals surface area contributed by atoms with Crippen molar-refractivity contribution >= 4 is 52.3 Å². The van der Waals surface area contributed by atoms with Crippen LogP contribution >= 0.6 is 11.6 Å². The van der Waals surface area contributed by atoms with Gasteiger partial charge < -0.3 is 10.1 Å². The molecule has 2 saturated carbocycles. The number of methoxy groups -OCH3 is 1. The third-order valence-electron chi connectivity index (χ3n) is 5.68. The van der Waals surface area contributed by atoms with Crippen molar-refractivity contribution in [1.82, 2.24) is 24.9 Å². The number of carbonyl (C=O) groups excluding carboxylic acids is 3. The van der Waals surface area contributed by atoms with E-state index in [1.807, 2.05) is 5.32 Å². The van der Waals surface area contributed by atoms with E-state index in [-0.39, 0.29) is 51.5 Å². The lowest BCUT2D eigenvalue weighted by molar-refractivity contribution is -0.119. The van der Waals surface area contributed by atoms with Gasteiger partial charge in [-0.15, -0.1) is 0 Å². The molecule has 3 aromatic heterocycles. The average molecular weight is 487 g/mol. The zero-order chi connectivity index (χ0) is 26.5. The predicted molar refractivity (Wildman–Crippen MR) is 123 cm³/mol. The normalized spacial score (nSPS) is 16.8. The van der Waals surface area contributed by atoms with E-state index in [4.69, 9.17) is 20.5 Å². The summed E-state index contributed by atoms with van der Waals surface area (Å²) < 4.78 is 29.3. The fraction of sp³-hybridized carbons (Fsp3) is 0.364. The Morgan fingerprint density at radius 3 is 2.68 bits per heavy atom. The molecule has 0 saturated heterocycles. The minimum atomic E-state index is -2.81. The maximum Gasteiger partial charge on any atom is 0.256 e. The molecule has 2 aliphatic carbocycles. The van der Waals surface area contributed by atoms with Crippen molar-refractivity contribution in [2.24, 2.45) is 11.8 Å². The largest absolute Gasteiger partial charge is 0.493 e. The average Bonchev–Trinajstić information content (AvgIpc) is 3.75. The van der Waals surface area contributed by atoms with Gasteiger partial charge in [0.2, 0.25) is 17.8 Å². The van der Waals surface area contributed by atoms with Crippen LogP contribution in [0.15, 0.2) is 24.7 Å². The molecular weight excluding hydrogens is 462 g/mol. The molecule has 2 fully saturated rings. The molecule has 0 aromatic carbocycles. The summed E-state index contributed by atoms with van der Waals surface area (Å²) >= 11 is 6.34. The Labute approximate surface area is 203 Å². The summed E-state index contributed by atoms with van der Waals surface area (Å²) in [7, 11) is 1.41. The minimum Gasteiger partial charge on any atom is -0.493 e. The van der Waals surface area contributed by atoms with Crippen molar-refractivity contribution in [2.75, 3.05) is 24.3 Å². The molecule has 3 aromatic rings. The van der Waals surface area contributed by atoms with Crippen molar-refractivity contribution < 1.29 is 23.2 Å². The van der Waals surface area contributed by atoms with Crippen molar-refractivity contribution in [1.29, 1.82) is 0 Å². The Bertz CT molecular complexity index is 1420. The summed E-state index contributed by atoms with van der Waals surface area (Å²) in [6, 6.07) is 1.57. The predicted octanol–water partition coefficient (Wildman–Crippen LogP) is 2.57. The maximum atomic E-state index is 13.7. The summed E-state index contributed by atoms with van der Waals surface area (Å²) in [5.74, 6) is -2.31. The molecule has 2 N–H and O–H groups in total. The molecule has 2 aliphatic rings. The number of anilines is 3. The minimum absolute atomic E-state index is 0.132. The number of aromatic nitrogens is 4. The van der Waals surface area contributed by atoms with Crippen molar-refractivity contribution in [3.63, 3.8) is 0 Å². The number of ether oxygens (including phenoxy) is 1. The number of hydrogen-bond acceptors (Lipinski definition) is 7. The van der Waals surface area contributed by atoms with Crippen LogP contribution in [0.2, 0.25) is 5.02 Å². The highest BCUT2D eigenvalue weighted by molar-refractivity contribution is 6.33. The first-order valence-electron chi connectivity index (χ1n) is 12.1. The summed E-state index contributed by atoms with van der Waals surface area (Å²) in [5, 5.41) is 9.06. The van der Waals surface area contributed by atoms with Gasteiger partial charge in [-0.25, -0.2) is 9.50 Å². The topological polar surface area (TPSA) is 131 Å². The number of amides is 3. The first-order valence-corrected chi connectivity index (χ1v) is 11.0. The van der Waals surface area contributed by atoms with E-state index in [1.165, 1.54) is 22.7 Å². The third-order valence-corrected chi connectivity index (χ3v) is 5.98. The zero-order valence-electron chi connectivity index (χ0n) is 21.0. The summed E-state index contributed by atoms with van der Waals surface area (Å²) in [4.78, 5) is 48.6. The molecule has 0 spiro atoms. The fourth-order valence-corrected chi connectivity index (χ4v) is 3.83. The summed E-state index contributed by atoms with van der Waals surface area (Å²) in [6.07, 6.45) is 6.78. The van der Waals surface area contributed by atoms with Crippen LogP contribution in [0.4, 0.5) is 17.5 Å². The molecule has 0 bridgehead atoms. The molecular formula is C22H22ClN7O4. The molecule has 12 heteroatoms. The lowest BCUT2D eigenvalue weighted by Crippen LogP contribution is -2.32. The Balaban J connectivity index is 1.70. The van der Waals surface area contributed by atoms with Crippen LogP contribution in [0.5, 0.6) is 5.75 Å². The second-order valence-corrected chi connectivity index (χ2v) is 8.52. The molecule has 3 heterocycles. The summed E-state index contributed by atoms with van der Waals surface area (Å²) in [6.45, 7) is -2.81. The molecule has 0 radical (unpaired) electrons. The number of carbonyl (C=O) groups is 3. The van der Waals surface area contributed by atoms with Crippen LogP contribution in [0, 0.1) is 11.8 Å². The number of fused-ring (bicyclic) bond motifs is 1. The van der Waals surface area contributed by atoms with E-state index >= 15 is 0 Å². The van der Waals surface area contributed by atoms with E-state index in [0.29, 0.717) is 18.4 Å². The number of halogens is 1. The lowest BCUT2D eigenvalue weighted by atomic mass is 10.2. The molecule has 34 heavy (non-hydrogen) atoms. The Morgan fingerprint density at radius 2 is 2.00 bits per heavy atom. The first-order chi connectivity index (χ1) is 17.6. The van der Waals surface area contributed by atoms with Gasteiger partial charge in [0, 0.05) is 35.3 Å². The van der Waals surface area contributed by atoms with Gasteiger partial charge in [0.05, 0.1) is 18.3 Å². The highest BCUT2D eigenvalue weighted by atomic mass is 35.5. The number of nitrogens with one attached hydrogen (secondary N) is 2. The number of pyridine rings is 1. The van der Waals surface area contributed by atoms with Gasteiger partial charge in [-0.05, 0) is 31.7 Å². The van der Waals surface area contributed by atoms with Crippen LogP contribution in [-0.4, -0.2) is 51.4 Å².